The third-order valence-electron chi connectivity index (χ3n) is 3.99. The number of carbonyl (C=O) groups excluding carboxylic acids is 1. The van der Waals surface area contributed by atoms with Crippen molar-refractivity contribution in [2.75, 3.05) is 5.73 Å². The van der Waals surface area contributed by atoms with Crippen molar-refractivity contribution in [2.24, 2.45) is 17.8 Å². The zero-order valence-corrected chi connectivity index (χ0v) is 9.70. The minimum absolute atomic E-state index is 0.261. The summed E-state index contributed by atoms with van der Waals surface area (Å²) in [4.78, 5) is 12.2. The van der Waals surface area contributed by atoms with E-state index in [2.05, 4.69) is 0 Å². The molecule has 1 aromatic rings. The van der Waals surface area contributed by atoms with Gasteiger partial charge in [-0.3, -0.25) is 4.79 Å². The summed E-state index contributed by atoms with van der Waals surface area (Å²) in [7, 11) is 0. The number of hydrogen-bond acceptors (Lipinski definition) is 2. The quantitative estimate of drug-likeness (QED) is 0.632. The molecule has 16 heavy (non-hydrogen) atoms. The molecule has 2 N–H and O–H groups in total. The van der Waals surface area contributed by atoms with Crippen LogP contribution in [-0.4, -0.2) is 5.78 Å². The largest absolute Gasteiger partial charge is 0.398 e. The first-order valence-corrected chi connectivity index (χ1v) is 6.15. The Labute approximate surface area is 99.8 Å². The van der Waals surface area contributed by atoms with Crippen LogP contribution in [0.2, 0.25) is 5.02 Å². The second-order valence-corrected chi connectivity index (χ2v) is 5.29. The lowest BCUT2D eigenvalue weighted by Crippen LogP contribution is -2.06. The number of carbonyl (C=O) groups is 1. The molecule has 0 aromatic heterocycles. The summed E-state index contributed by atoms with van der Waals surface area (Å²) in [6.07, 6.45) is 3.75. The van der Waals surface area contributed by atoms with Gasteiger partial charge >= 0.3 is 0 Å². The zero-order valence-electron chi connectivity index (χ0n) is 8.95. The van der Waals surface area contributed by atoms with Crippen LogP contribution in [0.5, 0.6) is 0 Å². The highest BCUT2D eigenvalue weighted by atomic mass is 35.5. The molecule has 84 valence electrons. The summed E-state index contributed by atoms with van der Waals surface area (Å²) < 4.78 is 0. The van der Waals surface area contributed by atoms with Crippen molar-refractivity contribution >= 4 is 23.1 Å². The van der Waals surface area contributed by atoms with Gasteiger partial charge < -0.3 is 5.73 Å². The summed E-state index contributed by atoms with van der Waals surface area (Å²) in [5.41, 5.74) is 6.89. The molecule has 3 rings (SSSR count). The predicted octanol–water partition coefficient (Wildman–Crippen LogP) is 3.15. The van der Waals surface area contributed by atoms with E-state index < -0.39 is 0 Å². The van der Waals surface area contributed by atoms with Gasteiger partial charge in [-0.25, -0.2) is 0 Å². The van der Waals surface area contributed by atoms with Crippen LogP contribution >= 0.6 is 11.6 Å². The summed E-state index contributed by atoms with van der Waals surface area (Å²) in [5, 5.41) is 0.483. The van der Waals surface area contributed by atoms with Gasteiger partial charge in [0, 0.05) is 11.5 Å². The Hall–Kier alpha value is -1.02. The van der Waals surface area contributed by atoms with E-state index in [0.717, 1.165) is 5.56 Å². The molecule has 0 aliphatic heterocycles. The third-order valence-corrected chi connectivity index (χ3v) is 4.32. The van der Waals surface area contributed by atoms with Crippen molar-refractivity contribution in [3.05, 3.63) is 28.8 Å². The smallest absolute Gasteiger partial charge is 0.166 e. The summed E-state index contributed by atoms with van der Waals surface area (Å²) in [6.45, 7) is 0. The molecule has 3 heteroatoms. The van der Waals surface area contributed by atoms with Gasteiger partial charge in [0.15, 0.2) is 5.78 Å². The highest BCUT2D eigenvalue weighted by Crippen LogP contribution is 2.58. The standard InChI is InChI=1S/C13H14ClNO/c14-10-6-7(4-5-11(10)15)13(16)12-8-2-1-3-9(8)12/h4-6,8-9,12H,1-3,15H2. The number of rotatable bonds is 2. The van der Waals surface area contributed by atoms with Crippen molar-refractivity contribution in [2.45, 2.75) is 19.3 Å². The van der Waals surface area contributed by atoms with Crippen LogP contribution in [0.15, 0.2) is 18.2 Å². The van der Waals surface area contributed by atoms with E-state index in [1.54, 1.807) is 18.2 Å². The molecule has 2 nitrogen and oxygen atoms in total. The van der Waals surface area contributed by atoms with Crippen molar-refractivity contribution in [1.82, 2.24) is 0 Å². The maximum atomic E-state index is 12.2. The fourth-order valence-corrected chi connectivity index (χ4v) is 3.26. The van der Waals surface area contributed by atoms with Crippen LogP contribution in [0.25, 0.3) is 0 Å². The van der Waals surface area contributed by atoms with Crippen molar-refractivity contribution < 1.29 is 4.79 Å². The van der Waals surface area contributed by atoms with Gasteiger partial charge in [0.1, 0.15) is 0 Å². The number of benzene rings is 1. The van der Waals surface area contributed by atoms with E-state index >= 15 is 0 Å². The van der Waals surface area contributed by atoms with Gasteiger partial charge in [-0.15, -0.1) is 0 Å². The molecule has 0 radical (unpaired) electrons. The average molecular weight is 236 g/mol. The second-order valence-electron chi connectivity index (χ2n) is 4.88. The number of nitrogens with two attached hydrogens (primary N) is 1. The van der Waals surface area contributed by atoms with Crippen LogP contribution in [0, 0.1) is 17.8 Å². The second kappa shape index (κ2) is 3.49. The normalized spacial score (nSPS) is 31.2. The molecule has 2 saturated carbocycles. The average Bonchev–Trinajstić information content (AvgIpc) is 2.74. The fourth-order valence-electron chi connectivity index (χ4n) is 3.08. The summed E-state index contributed by atoms with van der Waals surface area (Å²) in [6, 6.07) is 5.21. The number of nitrogen functional groups attached to an aromatic ring is 1. The van der Waals surface area contributed by atoms with Gasteiger partial charge in [-0.2, -0.15) is 0 Å². The number of anilines is 1. The Morgan fingerprint density at radius 1 is 1.31 bits per heavy atom. The van der Waals surface area contributed by atoms with Crippen molar-refractivity contribution in [3.8, 4) is 0 Å². The van der Waals surface area contributed by atoms with E-state index in [4.69, 9.17) is 17.3 Å². The molecule has 0 saturated heterocycles. The summed E-state index contributed by atoms with van der Waals surface area (Å²) in [5.74, 6) is 1.85. The van der Waals surface area contributed by atoms with Gasteiger partial charge in [0.25, 0.3) is 0 Å². The minimum Gasteiger partial charge on any atom is -0.398 e. The molecule has 0 heterocycles. The maximum Gasteiger partial charge on any atom is 0.166 e. The van der Waals surface area contributed by atoms with E-state index in [9.17, 15) is 4.79 Å². The number of halogens is 1. The molecule has 2 aliphatic rings. The van der Waals surface area contributed by atoms with Crippen LogP contribution in [0.1, 0.15) is 29.6 Å². The molecule has 0 spiro atoms. The topological polar surface area (TPSA) is 43.1 Å². The number of Topliss-reactive ketones (excluding diaryl/α,β-unsaturated/α-hetero) is 1. The lowest BCUT2D eigenvalue weighted by atomic mass is 10.0. The molecular formula is C13H14ClNO. The number of fused-ring (bicyclic) bond motifs is 1. The molecule has 2 fully saturated rings. The van der Waals surface area contributed by atoms with Crippen LogP contribution in [0.3, 0.4) is 0 Å². The van der Waals surface area contributed by atoms with E-state index in [0.29, 0.717) is 22.5 Å². The molecule has 2 atom stereocenters. The zero-order chi connectivity index (χ0) is 11.3. The Kier molecular flexibility index (Phi) is 2.21. The Bertz CT molecular complexity index is 447. The fraction of sp³-hybridized carbons (Fsp3) is 0.462. The first-order chi connectivity index (χ1) is 7.68. The first-order valence-electron chi connectivity index (χ1n) is 5.77. The Morgan fingerprint density at radius 2 is 2.00 bits per heavy atom. The number of ketones is 1. The maximum absolute atomic E-state index is 12.2. The molecule has 0 amide bonds. The lowest BCUT2D eigenvalue weighted by molar-refractivity contribution is 0.0951. The Morgan fingerprint density at radius 3 is 2.62 bits per heavy atom. The third kappa shape index (κ3) is 1.44. The van der Waals surface area contributed by atoms with Crippen LogP contribution in [0.4, 0.5) is 5.69 Å². The minimum atomic E-state index is 0.261. The number of hydrogen-bond donors (Lipinski definition) is 1. The Balaban J connectivity index is 1.82. The van der Waals surface area contributed by atoms with Crippen molar-refractivity contribution in [1.29, 1.82) is 0 Å². The molecular weight excluding hydrogens is 222 g/mol. The van der Waals surface area contributed by atoms with Crippen molar-refractivity contribution in [3.63, 3.8) is 0 Å². The molecule has 0 bridgehead atoms. The lowest BCUT2D eigenvalue weighted by Gasteiger charge is -2.04. The summed E-state index contributed by atoms with van der Waals surface area (Å²) >= 11 is 5.93. The van der Waals surface area contributed by atoms with Crippen LogP contribution in [-0.2, 0) is 0 Å². The molecule has 2 unspecified atom stereocenters. The van der Waals surface area contributed by atoms with E-state index in [-0.39, 0.29) is 11.7 Å². The molecule has 2 aliphatic carbocycles. The van der Waals surface area contributed by atoms with Crippen LogP contribution < -0.4 is 5.73 Å². The first kappa shape index (κ1) is 10.2. The highest BCUT2D eigenvalue weighted by Gasteiger charge is 2.56. The van der Waals surface area contributed by atoms with E-state index in [1.807, 2.05) is 0 Å². The van der Waals surface area contributed by atoms with Gasteiger partial charge in [-0.1, -0.05) is 18.0 Å². The van der Waals surface area contributed by atoms with Gasteiger partial charge in [0.05, 0.1) is 10.7 Å². The predicted molar refractivity (Wildman–Crippen MR) is 64.5 cm³/mol. The van der Waals surface area contributed by atoms with E-state index in [1.165, 1.54) is 19.3 Å². The monoisotopic (exact) mass is 235 g/mol. The van der Waals surface area contributed by atoms with Gasteiger partial charge in [-0.05, 0) is 42.9 Å². The SMILES string of the molecule is Nc1ccc(C(=O)C2C3CCCC32)cc1Cl. The highest BCUT2D eigenvalue weighted by molar-refractivity contribution is 6.33. The van der Waals surface area contributed by atoms with Gasteiger partial charge in [0.2, 0.25) is 0 Å². The molecule has 1 aromatic carbocycles.